The molecule has 2 aromatic rings. The molecule has 2 aliphatic rings. The average Bonchev–Trinajstić information content (AvgIpc) is 3.04. The first kappa shape index (κ1) is 13.7. The molecule has 0 radical (unpaired) electrons. The van der Waals surface area contributed by atoms with Crippen LogP contribution >= 0.6 is 0 Å². The van der Waals surface area contributed by atoms with Crippen LogP contribution in [0.1, 0.15) is 10.5 Å². The summed E-state index contributed by atoms with van der Waals surface area (Å²) in [5, 5.41) is 5.52. The summed E-state index contributed by atoms with van der Waals surface area (Å²) in [6.45, 7) is 1.41. The second-order valence-electron chi connectivity index (χ2n) is 5.42. The molecule has 2 amide bonds. The number of ether oxygens (including phenoxy) is 2. The summed E-state index contributed by atoms with van der Waals surface area (Å²) in [6, 6.07) is 8.12. The van der Waals surface area contributed by atoms with Crippen molar-refractivity contribution in [3.63, 3.8) is 0 Å². The lowest BCUT2D eigenvalue weighted by atomic mass is 10.2. The molecule has 1 aromatic heterocycles. The van der Waals surface area contributed by atoms with Gasteiger partial charge in [0.15, 0.2) is 11.5 Å². The van der Waals surface area contributed by atoms with E-state index in [4.69, 9.17) is 9.47 Å². The summed E-state index contributed by atoms with van der Waals surface area (Å²) in [4.78, 5) is 24.4. The Bertz CT molecular complexity index is 783. The standard InChI is InChI=1S/C16H15N3O4/c20-15(11-9-19-5-1-2-12(19)16(21)18-11)17-10-3-4-13-14(8-10)23-7-6-22-13/h1-5,8,11H,6-7,9H2,(H,17,20)(H,18,21). The number of hydrogen-bond donors (Lipinski definition) is 2. The lowest BCUT2D eigenvalue weighted by Gasteiger charge is -2.25. The predicted octanol–water partition coefficient (Wildman–Crippen LogP) is 1.01. The average molecular weight is 313 g/mol. The van der Waals surface area contributed by atoms with E-state index in [0.29, 0.717) is 42.6 Å². The summed E-state index contributed by atoms with van der Waals surface area (Å²) in [5.74, 6) is 0.754. The lowest BCUT2D eigenvalue weighted by Crippen LogP contribution is -2.50. The number of hydrogen-bond acceptors (Lipinski definition) is 4. The highest BCUT2D eigenvalue weighted by atomic mass is 16.6. The number of benzene rings is 1. The smallest absolute Gasteiger partial charge is 0.268 e. The van der Waals surface area contributed by atoms with E-state index < -0.39 is 6.04 Å². The Morgan fingerprint density at radius 3 is 2.91 bits per heavy atom. The van der Waals surface area contributed by atoms with Crippen LogP contribution in [-0.4, -0.2) is 35.6 Å². The van der Waals surface area contributed by atoms with Crippen LogP contribution in [-0.2, 0) is 11.3 Å². The molecule has 7 nitrogen and oxygen atoms in total. The van der Waals surface area contributed by atoms with Gasteiger partial charge in [0.1, 0.15) is 24.9 Å². The Morgan fingerprint density at radius 1 is 1.22 bits per heavy atom. The van der Waals surface area contributed by atoms with E-state index in [-0.39, 0.29) is 11.8 Å². The normalized spacial score (nSPS) is 18.8. The van der Waals surface area contributed by atoms with Crippen molar-refractivity contribution >= 4 is 17.5 Å². The van der Waals surface area contributed by atoms with E-state index in [2.05, 4.69) is 10.6 Å². The van der Waals surface area contributed by atoms with Gasteiger partial charge in [-0.2, -0.15) is 0 Å². The van der Waals surface area contributed by atoms with Gasteiger partial charge in [-0.25, -0.2) is 0 Å². The van der Waals surface area contributed by atoms with Gasteiger partial charge in [-0.3, -0.25) is 9.59 Å². The maximum atomic E-state index is 12.4. The predicted molar refractivity (Wildman–Crippen MR) is 81.7 cm³/mol. The fraction of sp³-hybridized carbons (Fsp3) is 0.250. The number of fused-ring (bicyclic) bond motifs is 2. The van der Waals surface area contributed by atoms with Gasteiger partial charge < -0.3 is 24.7 Å². The number of aromatic nitrogens is 1. The number of carbonyl (C=O) groups is 2. The number of nitrogens with zero attached hydrogens (tertiary/aromatic N) is 1. The highest BCUT2D eigenvalue weighted by Crippen LogP contribution is 2.32. The molecule has 2 N–H and O–H groups in total. The van der Waals surface area contributed by atoms with Crippen molar-refractivity contribution in [2.24, 2.45) is 0 Å². The van der Waals surface area contributed by atoms with Crippen molar-refractivity contribution in [2.45, 2.75) is 12.6 Å². The third-order valence-electron chi connectivity index (χ3n) is 3.87. The molecule has 0 saturated carbocycles. The zero-order valence-corrected chi connectivity index (χ0v) is 12.2. The van der Waals surface area contributed by atoms with Crippen molar-refractivity contribution in [2.75, 3.05) is 18.5 Å². The maximum Gasteiger partial charge on any atom is 0.268 e. The van der Waals surface area contributed by atoms with Crippen molar-refractivity contribution in [3.8, 4) is 11.5 Å². The fourth-order valence-electron chi connectivity index (χ4n) is 2.75. The van der Waals surface area contributed by atoms with Crippen LogP contribution in [0.3, 0.4) is 0 Å². The molecule has 0 fully saturated rings. The number of carbonyl (C=O) groups excluding carboxylic acids is 2. The van der Waals surface area contributed by atoms with Gasteiger partial charge in [0.2, 0.25) is 5.91 Å². The van der Waals surface area contributed by atoms with E-state index in [0.717, 1.165) is 0 Å². The third-order valence-corrected chi connectivity index (χ3v) is 3.87. The Labute approximate surface area is 132 Å². The monoisotopic (exact) mass is 313 g/mol. The number of rotatable bonds is 2. The topological polar surface area (TPSA) is 81.6 Å². The van der Waals surface area contributed by atoms with Crippen LogP contribution in [0.5, 0.6) is 11.5 Å². The summed E-state index contributed by atoms with van der Waals surface area (Å²) >= 11 is 0. The molecule has 7 heteroatoms. The largest absolute Gasteiger partial charge is 0.486 e. The van der Waals surface area contributed by atoms with Gasteiger partial charge >= 0.3 is 0 Å². The third kappa shape index (κ3) is 2.50. The first-order chi connectivity index (χ1) is 11.2. The summed E-state index contributed by atoms with van der Waals surface area (Å²) in [5.41, 5.74) is 1.17. The molecular formula is C16H15N3O4. The quantitative estimate of drug-likeness (QED) is 0.867. The van der Waals surface area contributed by atoms with Crippen LogP contribution in [0.2, 0.25) is 0 Å². The molecule has 2 aliphatic heterocycles. The van der Waals surface area contributed by atoms with E-state index in [1.54, 1.807) is 41.1 Å². The number of nitrogens with one attached hydrogen (secondary N) is 2. The van der Waals surface area contributed by atoms with Crippen LogP contribution in [0, 0.1) is 0 Å². The maximum absolute atomic E-state index is 12.4. The highest BCUT2D eigenvalue weighted by Gasteiger charge is 2.28. The van der Waals surface area contributed by atoms with Gasteiger partial charge in [-0.15, -0.1) is 0 Å². The fourth-order valence-corrected chi connectivity index (χ4v) is 2.75. The molecule has 0 saturated heterocycles. The SMILES string of the molecule is O=C1NC(C(=O)Nc2ccc3c(c2)OCCO3)Cn2cccc21. The molecule has 1 unspecified atom stereocenters. The molecule has 1 aromatic carbocycles. The van der Waals surface area contributed by atoms with Crippen LogP contribution in [0.4, 0.5) is 5.69 Å². The molecule has 0 bridgehead atoms. The molecule has 0 aliphatic carbocycles. The summed E-state index contributed by atoms with van der Waals surface area (Å²) in [6.07, 6.45) is 1.79. The van der Waals surface area contributed by atoms with Gasteiger partial charge in [0.25, 0.3) is 5.91 Å². The molecular weight excluding hydrogens is 298 g/mol. The molecule has 118 valence electrons. The minimum absolute atomic E-state index is 0.247. The Kier molecular flexibility index (Phi) is 3.18. The minimum atomic E-state index is -0.615. The Hall–Kier alpha value is -2.96. The molecule has 23 heavy (non-hydrogen) atoms. The number of amides is 2. The molecule has 3 heterocycles. The van der Waals surface area contributed by atoms with Crippen LogP contribution < -0.4 is 20.1 Å². The van der Waals surface area contributed by atoms with E-state index in [1.807, 2.05) is 0 Å². The van der Waals surface area contributed by atoms with Crippen molar-refractivity contribution in [1.29, 1.82) is 0 Å². The van der Waals surface area contributed by atoms with Crippen molar-refractivity contribution < 1.29 is 19.1 Å². The van der Waals surface area contributed by atoms with Crippen LogP contribution in [0.25, 0.3) is 0 Å². The molecule has 1 atom stereocenters. The Morgan fingerprint density at radius 2 is 2.04 bits per heavy atom. The zero-order valence-electron chi connectivity index (χ0n) is 12.2. The number of anilines is 1. The van der Waals surface area contributed by atoms with E-state index in [1.165, 1.54) is 0 Å². The minimum Gasteiger partial charge on any atom is -0.486 e. The molecule has 4 rings (SSSR count). The second-order valence-corrected chi connectivity index (χ2v) is 5.42. The van der Waals surface area contributed by atoms with E-state index in [9.17, 15) is 9.59 Å². The molecule has 0 spiro atoms. The van der Waals surface area contributed by atoms with Gasteiger partial charge in [0.05, 0.1) is 6.54 Å². The Balaban J connectivity index is 1.49. The van der Waals surface area contributed by atoms with Gasteiger partial charge in [-0.1, -0.05) is 0 Å². The van der Waals surface area contributed by atoms with Crippen molar-refractivity contribution in [3.05, 3.63) is 42.2 Å². The highest BCUT2D eigenvalue weighted by molar-refractivity contribution is 6.01. The van der Waals surface area contributed by atoms with Crippen LogP contribution in [0.15, 0.2) is 36.5 Å². The van der Waals surface area contributed by atoms with Gasteiger partial charge in [-0.05, 0) is 24.3 Å². The summed E-state index contributed by atoms with van der Waals surface area (Å²) in [7, 11) is 0. The summed E-state index contributed by atoms with van der Waals surface area (Å²) < 4.78 is 12.7. The van der Waals surface area contributed by atoms with E-state index >= 15 is 0 Å². The first-order valence-corrected chi connectivity index (χ1v) is 7.37. The first-order valence-electron chi connectivity index (χ1n) is 7.37. The zero-order chi connectivity index (χ0) is 15.8. The van der Waals surface area contributed by atoms with Crippen molar-refractivity contribution in [1.82, 2.24) is 9.88 Å². The second kappa shape index (κ2) is 5.35. The van der Waals surface area contributed by atoms with Gasteiger partial charge in [0, 0.05) is 18.0 Å². The lowest BCUT2D eigenvalue weighted by molar-refractivity contribution is -0.118.